The molecular weight excluding hydrogens is 250 g/mol. The Labute approximate surface area is 123 Å². The summed E-state index contributed by atoms with van der Waals surface area (Å²) in [5, 5.41) is 12.0. The molecule has 4 heteroatoms. The van der Waals surface area contributed by atoms with Crippen LogP contribution in [0.4, 0.5) is 0 Å². The van der Waals surface area contributed by atoms with Gasteiger partial charge in [0.25, 0.3) is 0 Å². The lowest BCUT2D eigenvalue weighted by molar-refractivity contribution is -0.121. The van der Waals surface area contributed by atoms with Crippen molar-refractivity contribution < 1.29 is 4.79 Å². The summed E-state index contributed by atoms with van der Waals surface area (Å²) in [6, 6.07) is 2.75. The minimum Gasteiger partial charge on any atom is -0.359 e. The molecule has 3 atom stereocenters. The molecule has 0 heterocycles. The summed E-state index contributed by atoms with van der Waals surface area (Å²) in [5.41, 5.74) is 0.292. The van der Waals surface area contributed by atoms with Crippen LogP contribution in [-0.2, 0) is 4.79 Å². The third-order valence-corrected chi connectivity index (χ3v) is 4.74. The molecule has 1 aliphatic rings. The van der Waals surface area contributed by atoms with Crippen molar-refractivity contribution in [3.05, 3.63) is 0 Å². The first kappa shape index (κ1) is 17.0. The largest absolute Gasteiger partial charge is 0.359 e. The summed E-state index contributed by atoms with van der Waals surface area (Å²) in [6.45, 7) is 7.57. The highest BCUT2D eigenvalue weighted by Crippen LogP contribution is 2.41. The molecule has 0 radical (unpaired) electrons. The lowest BCUT2D eigenvalue weighted by Crippen LogP contribution is -2.45. The maximum Gasteiger partial charge on any atom is 0.221 e. The number of amides is 1. The van der Waals surface area contributed by atoms with Crippen LogP contribution in [0, 0.1) is 28.6 Å². The zero-order valence-electron chi connectivity index (χ0n) is 13.6. The predicted molar refractivity (Wildman–Crippen MR) is 81.0 cm³/mol. The van der Waals surface area contributed by atoms with E-state index in [0.29, 0.717) is 17.8 Å². The highest BCUT2D eigenvalue weighted by molar-refractivity contribution is 5.75. The molecule has 114 valence electrons. The average Bonchev–Trinajstić information content (AvgIpc) is 2.42. The van der Waals surface area contributed by atoms with E-state index in [9.17, 15) is 10.1 Å². The van der Waals surface area contributed by atoms with Gasteiger partial charge in [-0.05, 0) is 37.6 Å². The maximum absolute atomic E-state index is 11.4. The normalized spacial score (nSPS) is 27.1. The molecule has 20 heavy (non-hydrogen) atoms. The van der Waals surface area contributed by atoms with Gasteiger partial charge in [0, 0.05) is 26.1 Å². The number of hydrogen-bond donors (Lipinski definition) is 1. The Kier molecular flexibility index (Phi) is 6.01. The van der Waals surface area contributed by atoms with Crippen LogP contribution in [0.3, 0.4) is 0 Å². The minimum absolute atomic E-state index is 0.0635. The molecule has 1 fully saturated rings. The molecule has 1 aliphatic carbocycles. The number of carbonyl (C=O) groups excluding carboxylic acids is 1. The first-order chi connectivity index (χ1) is 9.29. The summed E-state index contributed by atoms with van der Waals surface area (Å²) in [5.74, 6) is 0.816. The van der Waals surface area contributed by atoms with E-state index >= 15 is 0 Å². The molecule has 0 aromatic heterocycles. The molecule has 1 rings (SSSR count). The summed E-state index contributed by atoms with van der Waals surface area (Å²) in [4.78, 5) is 13.6. The van der Waals surface area contributed by atoms with Crippen LogP contribution < -0.4 is 5.32 Å². The number of nitrogens with one attached hydrogen (secondary N) is 1. The number of carbonyl (C=O) groups is 1. The highest BCUT2D eigenvalue weighted by Gasteiger charge is 2.37. The van der Waals surface area contributed by atoms with Gasteiger partial charge in [0.15, 0.2) is 0 Å². The molecule has 3 unspecified atom stereocenters. The predicted octanol–water partition coefficient (Wildman–Crippen LogP) is 2.41. The Morgan fingerprint density at radius 3 is 2.55 bits per heavy atom. The topological polar surface area (TPSA) is 56.1 Å². The standard InChI is InChI=1S/C16H29N3O/c1-16(2,3)13-7-6-12(11-17)14(10-13)19(5)9-8-15(20)18-4/h12-14H,6-10H2,1-5H3,(H,18,20). The summed E-state index contributed by atoms with van der Waals surface area (Å²) < 4.78 is 0. The number of rotatable bonds is 4. The quantitative estimate of drug-likeness (QED) is 0.859. The van der Waals surface area contributed by atoms with Gasteiger partial charge < -0.3 is 10.2 Å². The number of hydrogen-bond acceptors (Lipinski definition) is 3. The molecule has 0 bridgehead atoms. The van der Waals surface area contributed by atoms with Gasteiger partial charge in [-0.1, -0.05) is 20.8 Å². The van der Waals surface area contributed by atoms with Crippen molar-refractivity contribution in [2.24, 2.45) is 17.3 Å². The SMILES string of the molecule is CNC(=O)CCN(C)C1CC(C(C)(C)C)CCC1C#N. The molecule has 0 aliphatic heterocycles. The van der Waals surface area contributed by atoms with Crippen molar-refractivity contribution in [2.75, 3.05) is 20.6 Å². The van der Waals surface area contributed by atoms with E-state index < -0.39 is 0 Å². The van der Waals surface area contributed by atoms with E-state index in [2.05, 4.69) is 37.1 Å². The van der Waals surface area contributed by atoms with E-state index in [1.165, 1.54) is 0 Å². The Balaban J connectivity index is 2.67. The molecule has 0 saturated heterocycles. The van der Waals surface area contributed by atoms with E-state index in [1.54, 1.807) is 7.05 Å². The van der Waals surface area contributed by atoms with Gasteiger partial charge in [-0.25, -0.2) is 0 Å². The van der Waals surface area contributed by atoms with Gasteiger partial charge in [0.2, 0.25) is 5.91 Å². The smallest absolute Gasteiger partial charge is 0.221 e. The second-order valence-corrected chi connectivity index (χ2v) is 7.08. The molecule has 1 N–H and O–H groups in total. The van der Waals surface area contributed by atoms with Crippen molar-refractivity contribution in [1.29, 1.82) is 5.26 Å². The molecule has 1 saturated carbocycles. The van der Waals surface area contributed by atoms with E-state index in [4.69, 9.17) is 0 Å². The van der Waals surface area contributed by atoms with Crippen molar-refractivity contribution in [2.45, 2.75) is 52.5 Å². The van der Waals surface area contributed by atoms with Crippen LogP contribution in [0.1, 0.15) is 46.5 Å². The van der Waals surface area contributed by atoms with Crippen molar-refractivity contribution in [3.63, 3.8) is 0 Å². The zero-order chi connectivity index (χ0) is 15.3. The fourth-order valence-corrected chi connectivity index (χ4v) is 3.14. The molecule has 4 nitrogen and oxygen atoms in total. The number of nitriles is 1. The molecule has 0 spiro atoms. The lowest BCUT2D eigenvalue weighted by atomic mass is 9.68. The van der Waals surface area contributed by atoms with Crippen LogP contribution in [0.25, 0.3) is 0 Å². The van der Waals surface area contributed by atoms with Crippen LogP contribution in [-0.4, -0.2) is 37.5 Å². The average molecular weight is 279 g/mol. The molecule has 1 amide bonds. The maximum atomic E-state index is 11.4. The van der Waals surface area contributed by atoms with Crippen molar-refractivity contribution in [3.8, 4) is 6.07 Å². The first-order valence-corrected chi connectivity index (χ1v) is 7.60. The van der Waals surface area contributed by atoms with Gasteiger partial charge in [0.1, 0.15) is 0 Å². The highest BCUT2D eigenvalue weighted by atomic mass is 16.1. The summed E-state index contributed by atoms with van der Waals surface area (Å²) in [6.07, 6.45) is 3.68. The monoisotopic (exact) mass is 279 g/mol. The fraction of sp³-hybridized carbons (Fsp3) is 0.875. The second kappa shape index (κ2) is 7.08. The van der Waals surface area contributed by atoms with Crippen LogP contribution in [0.15, 0.2) is 0 Å². The summed E-state index contributed by atoms with van der Waals surface area (Å²) >= 11 is 0. The van der Waals surface area contributed by atoms with Gasteiger partial charge in [-0.15, -0.1) is 0 Å². The molecule has 0 aromatic rings. The Morgan fingerprint density at radius 2 is 2.05 bits per heavy atom. The van der Waals surface area contributed by atoms with Gasteiger partial charge in [0.05, 0.1) is 12.0 Å². The molecular formula is C16H29N3O. The van der Waals surface area contributed by atoms with E-state index in [0.717, 1.165) is 25.8 Å². The summed E-state index contributed by atoms with van der Waals surface area (Å²) in [7, 11) is 3.71. The number of nitrogens with zero attached hydrogens (tertiary/aromatic N) is 2. The van der Waals surface area contributed by atoms with Crippen molar-refractivity contribution in [1.82, 2.24) is 10.2 Å². The van der Waals surface area contributed by atoms with Crippen molar-refractivity contribution >= 4 is 5.91 Å². The van der Waals surface area contributed by atoms with Crippen LogP contribution in [0.2, 0.25) is 0 Å². The zero-order valence-corrected chi connectivity index (χ0v) is 13.6. The minimum atomic E-state index is 0.0635. The van der Waals surface area contributed by atoms with Gasteiger partial charge in [-0.3, -0.25) is 4.79 Å². The second-order valence-electron chi connectivity index (χ2n) is 7.08. The lowest BCUT2D eigenvalue weighted by Gasteiger charge is -2.43. The van der Waals surface area contributed by atoms with Gasteiger partial charge in [-0.2, -0.15) is 5.26 Å². The van der Waals surface area contributed by atoms with Crippen LogP contribution in [0.5, 0.6) is 0 Å². The molecule has 0 aromatic carbocycles. The Morgan fingerprint density at radius 1 is 1.40 bits per heavy atom. The Hall–Kier alpha value is -1.08. The van der Waals surface area contributed by atoms with E-state index in [-0.39, 0.29) is 17.9 Å². The third-order valence-electron chi connectivity index (χ3n) is 4.74. The third kappa shape index (κ3) is 4.49. The van der Waals surface area contributed by atoms with E-state index in [1.807, 2.05) is 7.05 Å². The van der Waals surface area contributed by atoms with Crippen LogP contribution >= 0.6 is 0 Å². The fourth-order valence-electron chi connectivity index (χ4n) is 3.14. The first-order valence-electron chi connectivity index (χ1n) is 7.60. The Bertz CT molecular complexity index is 367. The van der Waals surface area contributed by atoms with Gasteiger partial charge >= 0.3 is 0 Å².